The molecule has 2 saturated carbocycles. The van der Waals surface area contributed by atoms with E-state index in [2.05, 4.69) is 34.9 Å². The van der Waals surface area contributed by atoms with Gasteiger partial charge in [0, 0.05) is 35.9 Å². The first-order valence-electron chi connectivity index (χ1n) is 15.7. The number of carbonyl (C=O) groups is 1. The summed E-state index contributed by atoms with van der Waals surface area (Å²) in [5, 5.41) is 18.3. The van der Waals surface area contributed by atoms with E-state index in [1.54, 1.807) is 12.0 Å². The normalized spacial score (nSPS) is 16.0. The molecule has 2 aliphatic rings. The number of anilines is 2. The minimum absolute atomic E-state index is 0.00654. The minimum atomic E-state index is -1.09. The molecular formula is C37H45N3O3. The number of carbonyl (C=O) groups excluding carboxylic acids is 1. The largest absolute Gasteiger partial charge is 0.497 e. The van der Waals surface area contributed by atoms with Crippen molar-refractivity contribution in [1.82, 2.24) is 5.32 Å². The Morgan fingerprint density at radius 3 is 2.28 bits per heavy atom. The van der Waals surface area contributed by atoms with E-state index in [0.717, 1.165) is 79.8 Å². The number of allylic oxidation sites excluding steroid dienone is 2. The Labute approximate surface area is 256 Å². The summed E-state index contributed by atoms with van der Waals surface area (Å²) in [4.78, 5) is 15.6. The van der Waals surface area contributed by atoms with E-state index in [-0.39, 0.29) is 11.8 Å². The molecule has 5 rings (SSSR count). The van der Waals surface area contributed by atoms with E-state index in [4.69, 9.17) is 4.74 Å². The van der Waals surface area contributed by atoms with Crippen molar-refractivity contribution in [2.45, 2.75) is 57.6 Å². The monoisotopic (exact) mass is 579 g/mol. The molecule has 0 aliphatic heterocycles. The lowest BCUT2D eigenvalue weighted by Crippen LogP contribution is -2.40. The van der Waals surface area contributed by atoms with Gasteiger partial charge in [0.1, 0.15) is 5.76 Å². The average Bonchev–Trinajstić information content (AvgIpc) is 3.03. The number of hydrogen-bond donors (Lipinski definition) is 3. The van der Waals surface area contributed by atoms with Crippen molar-refractivity contribution < 1.29 is 14.6 Å². The maximum Gasteiger partial charge on any atom is 0.232 e. The van der Waals surface area contributed by atoms with E-state index in [9.17, 15) is 9.90 Å². The summed E-state index contributed by atoms with van der Waals surface area (Å²) >= 11 is 0. The molecule has 3 aromatic carbocycles. The van der Waals surface area contributed by atoms with Crippen molar-refractivity contribution in [3.05, 3.63) is 101 Å². The average molecular weight is 580 g/mol. The van der Waals surface area contributed by atoms with Crippen LogP contribution >= 0.6 is 0 Å². The summed E-state index contributed by atoms with van der Waals surface area (Å²) in [7, 11) is 3.66. The van der Waals surface area contributed by atoms with E-state index < -0.39 is 6.23 Å². The molecule has 3 N–H and O–H groups in total. The van der Waals surface area contributed by atoms with Crippen molar-refractivity contribution in [1.29, 1.82) is 0 Å². The number of ether oxygens (including phenoxy) is 1. The Balaban J connectivity index is 1.38. The molecule has 0 spiro atoms. The van der Waals surface area contributed by atoms with Crippen LogP contribution in [-0.4, -0.2) is 38.3 Å². The van der Waals surface area contributed by atoms with Crippen molar-refractivity contribution in [2.24, 2.45) is 5.92 Å². The smallest absolute Gasteiger partial charge is 0.232 e. The standard InChI is InChI=1S/C37H45N3O3/c1-38-24-25-39-33-21-19-29(20-22-33)28-15-17-32(18-16-28)37(42)40(36(41)31-9-4-3-5-10-31)34-13-6-8-27(26-34)14-23-35(43-2)30-11-7-12-30/h6,8,13-23,26,31,37-39,42H,3-5,7,9-12,24-25H2,1-2H3/b23-14+. The van der Waals surface area contributed by atoms with Crippen LogP contribution in [0.25, 0.3) is 17.2 Å². The summed E-state index contributed by atoms with van der Waals surface area (Å²) in [6.45, 7) is 1.77. The third-order valence-corrected chi connectivity index (χ3v) is 8.67. The lowest BCUT2D eigenvalue weighted by atomic mass is 9.88. The van der Waals surface area contributed by atoms with Gasteiger partial charge in [-0.3, -0.25) is 9.69 Å². The van der Waals surface area contributed by atoms with Gasteiger partial charge in [-0.2, -0.15) is 0 Å². The van der Waals surface area contributed by atoms with Crippen LogP contribution in [0.15, 0.2) is 90.2 Å². The highest BCUT2D eigenvalue weighted by molar-refractivity contribution is 5.96. The van der Waals surface area contributed by atoms with Crippen LogP contribution in [0.5, 0.6) is 0 Å². The molecule has 0 radical (unpaired) electrons. The first kappa shape index (κ1) is 30.6. The number of likely N-dealkylation sites (N-methyl/N-ethyl adjacent to an activating group) is 1. The first-order chi connectivity index (χ1) is 21.1. The fourth-order valence-corrected chi connectivity index (χ4v) is 5.92. The molecule has 0 heterocycles. The van der Waals surface area contributed by atoms with Gasteiger partial charge in [0.05, 0.1) is 7.11 Å². The summed E-state index contributed by atoms with van der Waals surface area (Å²) < 4.78 is 5.62. The molecular weight excluding hydrogens is 534 g/mol. The van der Waals surface area contributed by atoms with Crippen molar-refractivity contribution >= 4 is 23.4 Å². The van der Waals surface area contributed by atoms with Crippen LogP contribution in [0.4, 0.5) is 11.4 Å². The van der Waals surface area contributed by atoms with Gasteiger partial charge in [-0.25, -0.2) is 0 Å². The lowest BCUT2D eigenvalue weighted by molar-refractivity contribution is -0.125. The topological polar surface area (TPSA) is 73.8 Å². The van der Waals surface area contributed by atoms with Gasteiger partial charge in [0.25, 0.3) is 0 Å². The Morgan fingerprint density at radius 2 is 1.65 bits per heavy atom. The molecule has 0 bridgehead atoms. The highest BCUT2D eigenvalue weighted by Crippen LogP contribution is 2.34. The molecule has 2 fully saturated rings. The van der Waals surface area contributed by atoms with Crippen LogP contribution in [0, 0.1) is 5.92 Å². The molecule has 6 nitrogen and oxygen atoms in total. The lowest BCUT2D eigenvalue weighted by Gasteiger charge is -2.33. The van der Waals surface area contributed by atoms with E-state index in [1.807, 2.05) is 67.7 Å². The second-order valence-corrected chi connectivity index (χ2v) is 11.6. The number of aliphatic hydroxyl groups is 1. The Bertz CT molecular complexity index is 1400. The van der Waals surface area contributed by atoms with Gasteiger partial charge in [-0.1, -0.05) is 73.9 Å². The number of amides is 1. The Morgan fingerprint density at radius 1 is 0.953 bits per heavy atom. The number of benzene rings is 3. The zero-order valence-corrected chi connectivity index (χ0v) is 25.5. The van der Waals surface area contributed by atoms with Gasteiger partial charge in [0.15, 0.2) is 6.23 Å². The SMILES string of the molecule is CNCCNc1ccc(-c2ccc(C(O)N(C(=O)C3CCCCC3)c3cccc(/C=C/C(OC)=C4CCC4)c3)cc2)cc1. The van der Waals surface area contributed by atoms with Crippen LogP contribution in [-0.2, 0) is 9.53 Å². The van der Waals surface area contributed by atoms with Crippen molar-refractivity contribution in [3.63, 3.8) is 0 Å². The molecule has 43 heavy (non-hydrogen) atoms. The van der Waals surface area contributed by atoms with Gasteiger partial charge >= 0.3 is 0 Å². The van der Waals surface area contributed by atoms with Crippen molar-refractivity contribution in [2.75, 3.05) is 37.5 Å². The zero-order valence-electron chi connectivity index (χ0n) is 25.5. The Hall–Kier alpha value is -3.87. The maximum absolute atomic E-state index is 14.0. The fourth-order valence-electron chi connectivity index (χ4n) is 5.92. The molecule has 1 amide bonds. The predicted octanol–water partition coefficient (Wildman–Crippen LogP) is 7.69. The first-order valence-corrected chi connectivity index (χ1v) is 15.7. The summed E-state index contributed by atoms with van der Waals surface area (Å²) in [6, 6.07) is 24.1. The highest BCUT2D eigenvalue weighted by atomic mass is 16.5. The maximum atomic E-state index is 14.0. The van der Waals surface area contributed by atoms with Crippen LogP contribution in [0.1, 0.15) is 68.7 Å². The van der Waals surface area contributed by atoms with E-state index in [0.29, 0.717) is 11.3 Å². The van der Waals surface area contributed by atoms with Gasteiger partial charge in [-0.05, 0) is 91.8 Å². The molecule has 226 valence electrons. The molecule has 1 atom stereocenters. The second kappa shape index (κ2) is 15.0. The molecule has 1 unspecified atom stereocenters. The Kier molecular flexibility index (Phi) is 10.7. The number of aliphatic hydroxyl groups excluding tert-OH is 1. The second-order valence-electron chi connectivity index (χ2n) is 11.6. The molecule has 6 heteroatoms. The molecule has 3 aromatic rings. The molecule has 0 aromatic heterocycles. The number of hydrogen-bond acceptors (Lipinski definition) is 5. The van der Waals surface area contributed by atoms with Gasteiger partial charge in [0.2, 0.25) is 5.91 Å². The number of rotatable bonds is 12. The number of nitrogens with zero attached hydrogens (tertiary/aromatic N) is 1. The number of nitrogens with one attached hydrogen (secondary N) is 2. The summed E-state index contributed by atoms with van der Waals surface area (Å²) in [5.74, 6) is 0.838. The van der Waals surface area contributed by atoms with Crippen molar-refractivity contribution in [3.8, 4) is 11.1 Å². The zero-order chi connectivity index (χ0) is 30.0. The third kappa shape index (κ3) is 7.75. The van der Waals surface area contributed by atoms with Gasteiger partial charge in [-0.15, -0.1) is 0 Å². The van der Waals surface area contributed by atoms with Gasteiger partial charge < -0.3 is 20.5 Å². The van der Waals surface area contributed by atoms with E-state index >= 15 is 0 Å². The van der Waals surface area contributed by atoms with E-state index in [1.165, 1.54) is 18.4 Å². The summed E-state index contributed by atoms with van der Waals surface area (Å²) in [5.41, 5.74) is 6.94. The highest BCUT2D eigenvalue weighted by Gasteiger charge is 2.32. The predicted molar refractivity (Wildman–Crippen MR) is 177 cm³/mol. The quantitative estimate of drug-likeness (QED) is 0.117. The number of methoxy groups -OCH3 is 1. The third-order valence-electron chi connectivity index (χ3n) is 8.67. The van der Waals surface area contributed by atoms with Crippen LogP contribution < -0.4 is 15.5 Å². The summed E-state index contributed by atoms with van der Waals surface area (Å²) in [6.07, 6.45) is 11.3. The molecule has 0 saturated heterocycles. The molecule has 2 aliphatic carbocycles. The van der Waals surface area contributed by atoms with Crippen LogP contribution in [0.2, 0.25) is 0 Å². The van der Waals surface area contributed by atoms with Crippen LogP contribution in [0.3, 0.4) is 0 Å². The fraction of sp³-hybridized carbons (Fsp3) is 0.378. The minimum Gasteiger partial charge on any atom is -0.497 e.